The van der Waals surface area contributed by atoms with Crippen LogP contribution in [0.2, 0.25) is 0 Å². The lowest BCUT2D eigenvalue weighted by molar-refractivity contribution is -0.122. The van der Waals surface area contributed by atoms with Crippen LogP contribution < -0.4 is 10.2 Å². The summed E-state index contributed by atoms with van der Waals surface area (Å²) in [5.74, 6) is 0.378. The number of aliphatic hydroxyl groups is 1. The van der Waals surface area contributed by atoms with Crippen molar-refractivity contribution in [3.8, 4) is 0 Å². The molecule has 138 valence electrons. The van der Waals surface area contributed by atoms with Gasteiger partial charge in [0.25, 0.3) is 0 Å². The number of hydrogen-bond donors (Lipinski definition) is 2. The first-order chi connectivity index (χ1) is 12.3. The summed E-state index contributed by atoms with van der Waals surface area (Å²) in [7, 11) is 0. The summed E-state index contributed by atoms with van der Waals surface area (Å²) in [6.45, 7) is 5.05. The van der Waals surface area contributed by atoms with Gasteiger partial charge in [-0.15, -0.1) is 0 Å². The van der Waals surface area contributed by atoms with Gasteiger partial charge in [0.1, 0.15) is 0 Å². The van der Waals surface area contributed by atoms with Crippen molar-refractivity contribution in [2.24, 2.45) is 5.92 Å². The second-order valence-electron chi connectivity index (χ2n) is 7.32. The van der Waals surface area contributed by atoms with E-state index in [1.807, 2.05) is 6.07 Å². The van der Waals surface area contributed by atoms with Gasteiger partial charge in [-0.3, -0.25) is 9.69 Å². The molecule has 1 aromatic rings. The number of rotatable bonds is 6. The van der Waals surface area contributed by atoms with Crippen LogP contribution in [0.15, 0.2) is 30.3 Å². The fraction of sp³-hybridized carbons (Fsp3) is 0.650. The minimum Gasteiger partial charge on any atom is -0.396 e. The third-order valence-electron chi connectivity index (χ3n) is 5.64. The molecule has 0 radical (unpaired) electrons. The molecule has 3 rings (SSSR count). The molecular formula is C20H31N3O2. The van der Waals surface area contributed by atoms with Crippen molar-refractivity contribution in [2.45, 2.75) is 38.1 Å². The highest BCUT2D eigenvalue weighted by molar-refractivity contribution is 5.76. The van der Waals surface area contributed by atoms with Crippen molar-refractivity contribution in [1.29, 1.82) is 0 Å². The number of nitrogens with one attached hydrogen (secondary N) is 1. The van der Waals surface area contributed by atoms with E-state index in [0.717, 1.165) is 52.0 Å². The SMILES string of the molecule is O=C(CCN1CCN(c2ccccc2)CC1)NC1CCCCC1CO. The number of aliphatic hydroxyl groups excluding tert-OH is 1. The largest absolute Gasteiger partial charge is 0.396 e. The molecule has 1 aromatic carbocycles. The van der Waals surface area contributed by atoms with Crippen molar-refractivity contribution >= 4 is 11.6 Å². The molecule has 25 heavy (non-hydrogen) atoms. The Bertz CT molecular complexity index is 529. The molecule has 1 saturated heterocycles. The van der Waals surface area contributed by atoms with E-state index in [0.29, 0.717) is 6.42 Å². The quantitative estimate of drug-likeness (QED) is 0.826. The Morgan fingerprint density at radius 3 is 2.52 bits per heavy atom. The zero-order chi connectivity index (χ0) is 17.5. The first-order valence-electron chi connectivity index (χ1n) is 9.69. The monoisotopic (exact) mass is 345 g/mol. The summed E-state index contributed by atoms with van der Waals surface area (Å²) in [6.07, 6.45) is 4.92. The number of carbonyl (C=O) groups excluding carboxylic acids is 1. The van der Waals surface area contributed by atoms with Crippen molar-refractivity contribution in [1.82, 2.24) is 10.2 Å². The van der Waals surface area contributed by atoms with Crippen LogP contribution in [0.25, 0.3) is 0 Å². The summed E-state index contributed by atoms with van der Waals surface area (Å²) in [5.41, 5.74) is 1.28. The topological polar surface area (TPSA) is 55.8 Å². The molecule has 1 amide bonds. The van der Waals surface area contributed by atoms with E-state index in [1.165, 1.54) is 12.1 Å². The summed E-state index contributed by atoms with van der Waals surface area (Å²) in [5, 5.41) is 12.6. The van der Waals surface area contributed by atoms with Gasteiger partial charge in [-0.25, -0.2) is 0 Å². The molecule has 1 aliphatic heterocycles. The molecule has 0 spiro atoms. The maximum absolute atomic E-state index is 12.3. The lowest BCUT2D eigenvalue weighted by atomic mass is 9.85. The summed E-state index contributed by atoms with van der Waals surface area (Å²) in [4.78, 5) is 17.1. The van der Waals surface area contributed by atoms with Crippen molar-refractivity contribution in [3.05, 3.63) is 30.3 Å². The molecule has 2 unspecified atom stereocenters. The standard InChI is InChI=1S/C20H31N3O2/c24-16-17-6-4-5-9-19(17)21-20(25)10-11-22-12-14-23(15-13-22)18-7-2-1-3-8-18/h1-3,7-8,17,19,24H,4-6,9-16H2,(H,21,25). The van der Waals surface area contributed by atoms with Crippen LogP contribution in [-0.4, -0.2) is 61.3 Å². The highest BCUT2D eigenvalue weighted by atomic mass is 16.3. The molecule has 5 nitrogen and oxygen atoms in total. The number of nitrogens with zero attached hydrogens (tertiary/aromatic N) is 2. The molecule has 0 bridgehead atoms. The zero-order valence-corrected chi connectivity index (χ0v) is 15.1. The van der Waals surface area contributed by atoms with Crippen LogP contribution in [0.5, 0.6) is 0 Å². The van der Waals surface area contributed by atoms with Crippen molar-refractivity contribution in [3.63, 3.8) is 0 Å². The molecule has 1 heterocycles. The lowest BCUT2D eigenvalue weighted by Gasteiger charge is -2.36. The lowest BCUT2D eigenvalue weighted by Crippen LogP contribution is -2.48. The summed E-state index contributed by atoms with van der Waals surface area (Å²) >= 11 is 0. The Morgan fingerprint density at radius 2 is 1.80 bits per heavy atom. The molecule has 0 aromatic heterocycles. The smallest absolute Gasteiger partial charge is 0.221 e. The number of para-hydroxylation sites is 1. The van der Waals surface area contributed by atoms with E-state index in [4.69, 9.17) is 0 Å². The van der Waals surface area contributed by atoms with Gasteiger partial charge < -0.3 is 15.3 Å². The number of anilines is 1. The maximum atomic E-state index is 12.3. The molecule has 2 fully saturated rings. The predicted molar refractivity (Wildman–Crippen MR) is 101 cm³/mol. The Labute approximate surface area is 151 Å². The highest BCUT2D eigenvalue weighted by Gasteiger charge is 2.26. The van der Waals surface area contributed by atoms with E-state index < -0.39 is 0 Å². The van der Waals surface area contributed by atoms with Gasteiger partial charge in [-0.2, -0.15) is 0 Å². The minimum atomic E-state index is 0.135. The first kappa shape index (κ1) is 18.2. The Hall–Kier alpha value is -1.59. The van der Waals surface area contributed by atoms with Crippen LogP contribution in [-0.2, 0) is 4.79 Å². The molecule has 1 aliphatic carbocycles. The fourth-order valence-electron chi connectivity index (χ4n) is 4.02. The first-order valence-corrected chi connectivity index (χ1v) is 9.69. The number of piperazine rings is 1. The van der Waals surface area contributed by atoms with Gasteiger partial charge in [0.15, 0.2) is 0 Å². The number of hydrogen-bond acceptors (Lipinski definition) is 4. The normalized spacial score (nSPS) is 24.9. The average molecular weight is 345 g/mol. The van der Waals surface area contributed by atoms with Gasteiger partial charge >= 0.3 is 0 Å². The Morgan fingerprint density at radius 1 is 1.08 bits per heavy atom. The van der Waals surface area contributed by atoms with Crippen LogP contribution >= 0.6 is 0 Å². The molecule has 2 aliphatic rings. The van der Waals surface area contributed by atoms with Crippen LogP contribution in [0.1, 0.15) is 32.1 Å². The summed E-state index contributed by atoms with van der Waals surface area (Å²) in [6, 6.07) is 10.7. The van der Waals surface area contributed by atoms with Gasteiger partial charge in [0.2, 0.25) is 5.91 Å². The second kappa shape index (κ2) is 9.20. The van der Waals surface area contributed by atoms with Crippen molar-refractivity contribution < 1.29 is 9.90 Å². The summed E-state index contributed by atoms with van der Waals surface area (Å²) < 4.78 is 0. The molecular weight excluding hydrogens is 314 g/mol. The average Bonchev–Trinajstić information content (AvgIpc) is 2.68. The van der Waals surface area contributed by atoms with E-state index in [-0.39, 0.29) is 24.5 Å². The maximum Gasteiger partial charge on any atom is 0.221 e. The van der Waals surface area contributed by atoms with Crippen molar-refractivity contribution in [2.75, 3.05) is 44.2 Å². The molecule has 2 N–H and O–H groups in total. The Kier molecular flexibility index (Phi) is 6.70. The highest BCUT2D eigenvalue weighted by Crippen LogP contribution is 2.24. The third kappa shape index (κ3) is 5.19. The van der Waals surface area contributed by atoms with E-state index in [9.17, 15) is 9.90 Å². The van der Waals surface area contributed by atoms with Gasteiger partial charge in [-0.05, 0) is 25.0 Å². The predicted octanol–water partition coefficient (Wildman–Crippen LogP) is 1.87. The van der Waals surface area contributed by atoms with Crippen LogP contribution in [0, 0.1) is 5.92 Å². The van der Waals surface area contributed by atoms with Gasteiger partial charge in [0.05, 0.1) is 0 Å². The molecule has 5 heteroatoms. The zero-order valence-electron chi connectivity index (χ0n) is 15.1. The minimum absolute atomic E-state index is 0.135. The fourth-order valence-corrected chi connectivity index (χ4v) is 4.02. The van der Waals surface area contributed by atoms with Crippen LogP contribution in [0.3, 0.4) is 0 Å². The van der Waals surface area contributed by atoms with E-state index in [1.54, 1.807) is 0 Å². The Balaban J connectivity index is 1.37. The van der Waals surface area contributed by atoms with E-state index in [2.05, 4.69) is 39.4 Å². The second-order valence-corrected chi connectivity index (χ2v) is 7.32. The number of benzene rings is 1. The van der Waals surface area contributed by atoms with Gasteiger partial charge in [0, 0.05) is 63.4 Å². The third-order valence-corrected chi connectivity index (χ3v) is 5.64. The number of amides is 1. The van der Waals surface area contributed by atoms with Crippen LogP contribution in [0.4, 0.5) is 5.69 Å². The molecule has 2 atom stereocenters. The van der Waals surface area contributed by atoms with Gasteiger partial charge in [-0.1, -0.05) is 31.0 Å². The van der Waals surface area contributed by atoms with E-state index >= 15 is 0 Å². The molecule has 1 saturated carbocycles. The number of carbonyl (C=O) groups is 1.